The van der Waals surface area contributed by atoms with E-state index in [-0.39, 0.29) is 28.6 Å². The number of rotatable bonds is 3. The molecule has 0 amide bonds. The summed E-state index contributed by atoms with van der Waals surface area (Å²) in [6, 6.07) is 8.61. The average Bonchev–Trinajstić information content (AvgIpc) is 2.84. The van der Waals surface area contributed by atoms with Gasteiger partial charge in [-0.25, -0.2) is 0 Å². The van der Waals surface area contributed by atoms with Gasteiger partial charge in [-0.15, -0.1) is 0 Å². The normalized spacial score (nSPS) is 17.6. The first-order chi connectivity index (χ1) is 10.5. The van der Waals surface area contributed by atoms with Crippen molar-refractivity contribution in [3.05, 3.63) is 52.8 Å². The molecule has 22 heavy (non-hydrogen) atoms. The number of Topliss-reactive ketones (excluding diaryl/α,β-unsaturated/α-hetero) is 1. The molecule has 0 saturated carbocycles. The van der Waals surface area contributed by atoms with Crippen LogP contribution >= 0.6 is 0 Å². The quantitative estimate of drug-likeness (QED) is 0.879. The number of carbonyl (C=O) groups is 2. The van der Waals surface area contributed by atoms with Crippen molar-refractivity contribution in [2.24, 2.45) is 11.8 Å². The number of ketones is 2. The summed E-state index contributed by atoms with van der Waals surface area (Å²) in [5, 5.41) is 10.0. The molecule has 1 heterocycles. The van der Waals surface area contributed by atoms with Gasteiger partial charge in [-0.05, 0) is 11.8 Å². The van der Waals surface area contributed by atoms with Gasteiger partial charge in [-0.2, -0.15) is 0 Å². The Hall–Kier alpha value is -2.36. The molecule has 0 fully saturated rings. The lowest BCUT2D eigenvalue weighted by atomic mass is 9.79. The van der Waals surface area contributed by atoms with E-state index in [1.165, 1.54) is 0 Å². The Kier molecular flexibility index (Phi) is 3.61. The highest BCUT2D eigenvalue weighted by Crippen LogP contribution is 2.38. The summed E-state index contributed by atoms with van der Waals surface area (Å²) in [5.41, 5.74) is 0.705. The molecule has 0 bridgehead atoms. The minimum absolute atomic E-state index is 0.00778. The van der Waals surface area contributed by atoms with Crippen LogP contribution in [0, 0.1) is 11.8 Å². The average molecular weight is 298 g/mol. The number of hydrogen-bond acceptors (Lipinski definition) is 4. The van der Waals surface area contributed by atoms with Crippen molar-refractivity contribution < 1.29 is 19.1 Å². The Labute approximate surface area is 128 Å². The van der Waals surface area contributed by atoms with E-state index in [0.717, 1.165) is 0 Å². The van der Waals surface area contributed by atoms with Crippen LogP contribution in [-0.2, 0) is 6.42 Å². The Morgan fingerprint density at radius 2 is 1.91 bits per heavy atom. The summed E-state index contributed by atoms with van der Waals surface area (Å²) in [6.45, 7) is 4.11. The van der Waals surface area contributed by atoms with Gasteiger partial charge in [-0.1, -0.05) is 44.2 Å². The maximum absolute atomic E-state index is 12.6. The number of benzene rings is 1. The van der Waals surface area contributed by atoms with Crippen LogP contribution in [0.15, 0.2) is 34.7 Å². The molecule has 1 N–H and O–H groups in total. The van der Waals surface area contributed by atoms with Crippen LogP contribution in [0.1, 0.15) is 52.3 Å². The van der Waals surface area contributed by atoms with Gasteiger partial charge < -0.3 is 9.52 Å². The molecule has 1 aliphatic carbocycles. The zero-order chi connectivity index (χ0) is 15.9. The van der Waals surface area contributed by atoms with Crippen molar-refractivity contribution in [3.8, 4) is 5.95 Å². The Bertz CT molecular complexity index is 725. The molecule has 1 aromatic carbocycles. The van der Waals surface area contributed by atoms with Crippen LogP contribution in [0.3, 0.4) is 0 Å². The van der Waals surface area contributed by atoms with Gasteiger partial charge in [0.1, 0.15) is 11.3 Å². The third kappa shape index (κ3) is 2.34. The minimum atomic E-state index is -0.448. The van der Waals surface area contributed by atoms with Crippen LogP contribution in [0.5, 0.6) is 5.95 Å². The monoisotopic (exact) mass is 298 g/mol. The van der Waals surface area contributed by atoms with Gasteiger partial charge in [0, 0.05) is 18.4 Å². The number of carbonyl (C=O) groups excluding carboxylic acids is 2. The highest BCUT2D eigenvalue weighted by molar-refractivity contribution is 6.17. The highest BCUT2D eigenvalue weighted by Gasteiger charge is 2.36. The minimum Gasteiger partial charge on any atom is -0.480 e. The number of fused-ring (bicyclic) bond motifs is 1. The van der Waals surface area contributed by atoms with E-state index < -0.39 is 5.95 Å². The van der Waals surface area contributed by atoms with Crippen molar-refractivity contribution >= 4 is 11.6 Å². The third-order valence-corrected chi connectivity index (χ3v) is 4.34. The SMILES string of the molecule is CC(C)C1CC(=O)c2c(oc(O)c2C(=O)c2ccccc2)C1. The van der Waals surface area contributed by atoms with Crippen molar-refractivity contribution in [2.45, 2.75) is 26.7 Å². The Morgan fingerprint density at radius 3 is 2.55 bits per heavy atom. The fourth-order valence-corrected chi connectivity index (χ4v) is 2.97. The summed E-state index contributed by atoms with van der Waals surface area (Å²) in [5.74, 6) is 0.0221. The van der Waals surface area contributed by atoms with Gasteiger partial charge in [0.05, 0.1) is 5.56 Å². The van der Waals surface area contributed by atoms with Crippen LogP contribution < -0.4 is 0 Å². The fourth-order valence-electron chi connectivity index (χ4n) is 2.97. The molecule has 1 unspecified atom stereocenters. The summed E-state index contributed by atoms with van der Waals surface area (Å²) >= 11 is 0. The molecule has 3 rings (SSSR count). The maximum Gasteiger partial charge on any atom is 0.294 e. The van der Waals surface area contributed by atoms with Gasteiger partial charge in [0.2, 0.25) is 5.78 Å². The second-order valence-electron chi connectivity index (χ2n) is 6.11. The first-order valence-corrected chi connectivity index (χ1v) is 7.46. The number of hydrogen-bond donors (Lipinski definition) is 1. The molecule has 2 aromatic rings. The number of furan rings is 1. The third-order valence-electron chi connectivity index (χ3n) is 4.34. The topological polar surface area (TPSA) is 67.5 Å². The van der Waals surface area contributed by atoms with E-state index in [1.54, 1.807) is 30.3 Å². The van der Waals surface area contributed by atoms with Gasteiger partial charge in [0.15, 0.2) is 5.78 Å². The van der Waals surface area contributed by atoms with Crippen LogP contribution in [0.4, 0.5) is 0 Å². The van der Waals surface area contributed by atoms with E-state index in [9.17, 15) is 14.7 Å². The molecule has 114 valence electrons. The van der Waals surface area contributed by atoms with Crippen molar-refractivity contribution in [1.29, 1.82) is 0 Å². The zero-order valence-electron chi connectivity index (χ0n) is 12.6. The molecule has 4 heteroatoms. The first kappa shape index (κ1) is 14.6. The molecule has 1 aliphatic rings. The van der Waals surface area contributed by atoms with Crippen molar-refractivity contribution in [1.82, 2.24) is 0 Å². The highest BCUT2D eigenvalue weighted by atomic mass is 16.5. The second kappa shape index (κ2) is 5.44. The summed E-state index contributed by atoms with van der Waals surface area (Å²) in [4.78, 5) is 25.0. The van der Waals surface area contributed by atoms with Gasteiger partial charge >= 0.3 is 0 Å². The van der Waals surface area contributed by atoms with Crippen LogP contribution in [0.2, 0.25) is 0 Å². The summed E-state index contributed by atoms with van der Waals surface area (Å²) in [6.07, 6.45) is 0.965. The molecule has 0 radical (unpaired) electrons. The van der Waals surface area contributed by atoms with E-state index in [0.29, 0.717) is 30.1 Å². The Morgan fingerprint density at radius 1 is 1.23 bits per heavy atom. The molecule has 0 aliphatic heterocycles. The van der Waals surface area contributed by atoms with E-state index in [1.807, 2.05) is 0 Å². The molecular formula is C18H18O4. The summed E-state index contributed by atoms with van der Waals surface area (Å²) < 4.78 is 5.34. The van der Waals surface area contributed by atoms with E-state index >= 15 is 0 Å². The standard InChI is InChI=1S/C18H18O4/c1-10(2)12-8-13(19)15-14(9-12)22-18(21)16(15)17(20)11-6-4-3-5-7-11/h3-7,10,12,21H,8-9H2,1-2H3. The molecule has 4 nitrogen and oxygen atoms in total. The molecule has 1 aromatic heterocycles. The largest absolute Gasteiger partial charge is 0.480 e. The lowest BCUT2D eigenvalue weighted by molar-refractivity contribution is 0.0918. The predicted molar refractivity (Wildman–Crippen MR) is 81.2 cm³/mol. The van der Waals surface area contributed by atoms with Crippen molar-refractivity contribution in [2.75, 3.05) is 0 Å². The summed E-state index contributed by atoms with van der Waals surface area (Å²) in [7, 11) is 0. The zero-order valence-corrected chi connectivity index (χ0v) is 12.6. The Balaban J connectivity index is 2.05. The van der Waals surface area contributed by atoms with E-state index in [2.05, 4.69) is 13.8 Å². The molecule has 1 atom stereocenters. The first-order valence-electron chi connectivity index (χ1n) is 7.46. The van der Waals surface area contributed by atoms with Crippen LogP contribution in [-0.4, -0.2) is 16.7 Å². The molecule has 0 spiro atoms. The van der Waals surface area contributed by atoms with Crippen LogP contribution in [0.25, 0.3) is 0 Å². The smallest absolute Gasteiger partial charge is 0.294 e. The maximum atomic E-state index is 12.6. The van der Waals surface area contributed by atoms with E-state index in [4.69, 9.17) is 4.42 Å². The van der Waals surface area contributed by atoms with Crippen molar-refractivity contribution in [3.63, 3.8) is 0 Å². The second-order valence-corrected chi connectivity index (χ2v) is 6.11. The number of aromatic hydroxyl groups is 1. The predicted octanol–water partition coefficient (Wildman–Crippen LogP) is 3.62. The lowest BCUT2D eigenvalue weighted by Crippen LogP contribution is -2.24. The van der Waals surface area contributed by atoms with Gasteiger partial charge in [-0.3, -0.25) is 9.59 Å². The molecular weight excluding hydrogens is 280 g/mol. The fraction of sp³-hybridized carbons (Fsp3) is 0.333. The molecule has 0 saturated heterocycles. The van der Waals surface area contributed by atoms with Gasteiger partial charge in [0.25, 0.3) is 5.95 Å². The lowest BCUT2D eigenvalue weighted by Gasteiger charge is -2.23.